The normalized spacial score (nSPS) is 11.5. The molecule has 2 rings (SSSR count). The van der Waals surface area contributed by atoms with E-state index in [1.54, 1.807) is 17.6 Å². The molecule has 2 heterocycles. The standard InChI is InChI=1S/C18H28N4OS.HI/c1-13(2)12-21-18(19-9-7-16-6-5-11-23-16)20-10-8-17-22-14(3)15(4)24-17;/h5-6,11,13H,7-10,12H2,1-4H3,(H2,19,20,21);1H. The van der Waals surface area contributed by atoms with Crippen molar-refractivity contribution in [3.63, 3.8) is 0 Å². The first-order valence-corrected chi connectivity index (χ1v) is 9.33. The SMILES string of the molecule is Cc1nc(CCNC(=NCC(C)C)NCCc2ccco2)sc1C.I. The number of rotatable bonds is 8. The largest absolute Gasteiger partial charge is 0.469 e. The van der Waals surface area contributed by atoms with Gasteiger partial charge in [0.2, 0.25) is 0 Å². The lowest BCUT2D eigenvalue weighted by atomic mass is 10.2. The van der Waals surface area contributed by atoms with Gasteiger partial charge in [0.15, 0.2) is 5.96 Å². The van der Waals surface area contributed by atoms with Crippen LogP contribution in [0, 0.1) is 19.8 Å². The quantitative estimate of drug-likeness (QED) is 0.344. The molecule has 0 unspecified atom stereocenters. The second kappa shape index (κ2) is 11.5. The van der Waals surface area contributed by atoms with Crippen molar-refractivity contribution < 1.29 is 4.42 Å². The minimum absolute atomic E-state index is 0. The van der Waals surface area contributed by atoms with Gasteiger partial charge < -0.3 is 15.1 Å². The summed E-state index contributed by atoms with van der Waals surface area (Å²) in [5.41, 5.74) is 1.14. The second-order valence-electron chi connectivity index (χ2n) is 6.27. The molecule has 0 spiro atoms. The Kier molecular flexibility index (Phi) is 10.1. The molecule has 0 aliphatic rings. The van der Waals surface area contributed by atoms with Crippen LogP contribution < -0.4 is 10.6 Å². The number of hydrogen-bond acceptors (Lipinski definition) is 4. The molecule has 0 radical (unpaired) electrons. The minimum Gasteiger partial charge on any atom is -0.469 e. The maximum absolute atomic E-state index is 5.36. The highest BCUT2D eigenvalue weighted by Gasteiger charge is 2.05. The van der Waals surface area contributed by atoms with Crippen LogP contribution in [0.15, 0.2) is 27.8 Å². The van der Waals surface area contributed by atoms with Gasteiger partial charge in [-0.3, -0.25) is 4.99 Å². The summed E-state index contributed by atoms with van der Waals surface area (Å²) in [5, 5.41) is 7.96. The molecule has 0 bridgehead atoms. The number of guanidine groups is 1. The Morgan fingerprint density at radius 1 is 1.24 bits per heavy atom. The molecule has 140 valence electrons. The van der Waals surface area contributed by atoms with Crippen LogP contribution >= 0.6 is 35.3 Å². The number of furan rings is 1. The Morgan fingerprint density at radius 2 is 1.96 bits per heavy atom. The van der Waals surface area contributed by atoms with Crippen molar-refractivity contribution in [1.82, 2.24) is 15.6 Å². The van der Waals surface area contributed by atoms with E-state index in [9.17, 15) is 0 Å². The van der Waals surface area contributed by atoms with Crippen molar-refractivity contribution >= 4 is 41.3 Å². The van der Waals surface area contributed by atoms with E-state index in [1.165, 1.54) is 9.88 Å². The number of thiazole rings is 1. The molecule has 0 aliphatic heterocycles. The summed E-state index contributed by atoms with van der Waals surface area (Å²) < 4.78 is 5.36. The topological polar surface area (TPSA) is 62.5 Å². The predicted octanol–water partition coefficient (Wildman–Crippen LogP) is 3.95. The number of hydrogen-bond donors (Lipinski definition) is 2. The highest BCUT2D eigenvalue weighted by atomic mass is 127. The minimum atomic E-state index is 0. The molecule has 0 saturated carbocycles. The Labute approximate surface area is 171 Å². The third-order valence-electron chi connectivity index (χ3n) is 3.56. The fourth-order valence-corrected chi connectivity index (χ4v) is 3.07. The fourth-order valence-electron chi connectivity index (χ4n) is 2.14. The molecule has 7 heteroatoms. The summed E-state index contributed by atoms with van der Waals surface area (Å²) in [6.45, 7) is 11.0. The summed E-state index contributed by atoms with van der Waals surface area (Å²) >= 11 is 1.78. The predicted molar refractivity (Wildman–Crippen MR) is 116 cm³/mol. The van der Waals surface area contributed by atoms with Crippen LogP contribution in [0.5, 0.6) is 0 Å². The molecule has 0 fully saturated rings. The fraction of sp³-hybridized carbons (Fsp3) is 0.556. The average Bonchev–Trinajstić information content (AvgIpc) is 3.15. The molecule has 2 aromatic heterocycles. The summed E-state index contributed by atoms with van der Waals surface area (Å²) in [4.78, 5) is 10.5. The molecule has 0 aliphatic carbocycles. The van der Waals surface area contributed by atoms with Crippen LogP contribution in [0.3, 0.4) is 0 Å². The number of halogens is 1. The number of nitrogens with zero attached hydrogens (tertiary/aromatic N) is 2. The highest BCUT2D eigenvalue weighted by molar-refractivity contribution is 14.0. The van der Waals surface area contributed by atoms with Gasteiger partial charge in [0.25, 0.3) is 0 Å². The van der Waals surface area contributed by atoms with Crippen molar-refractivity contribution in [3.8, 4) is 0 Å². The molecule has 0 aromatic carbocycles. The third-order valence-corrected chi connectivity index (χ3v) is 4.70. The van der Waals surface area contributed by atoms with Crippen LogP contribution in [0.4, 0.5) is 0 Å². The number of nitrogens with one attached hydrogen (secondary N) is 2. The van der Waals surface area contributed by atoms with Crippen molar-refractivity contribution in [3.05, 3.63) is 39.7 Å². The van der Waals surface area contributed by atoms with E-state index in [0.29, 0.717) is 5.92 Å². The lowest BCUT2D eigenvalue weighted by molar-refractivity contribution is 0.506. The van der Waals surface area contributed by atoms with E-state index < -0.39 is 0 Å². The van der Waals surface area contributed by atoms with Crippen molar-refractivity contribution in [2.75, 3.05) is 19.6 Å². The number of aliphatic imine (C=N–C) groups is 1. The molecule has 25 heavy (non-hydrogen) atoms. The zero-order valence-corrected chi connectivity index (χ0v) is 18.6. The summed E-state index contributed by atoms with van der Waals surface area (Å²) in [6, 6.07) is 3.91. The molecule has 2 N–H and O–H groups in total. The molecule has 0 atom stereocenters. The lowest BCUT2D eigenvalue weighted by Crippen LogP contribution is -2.39. The van der Waals surface area contributed by atoms with E-state index in [2.05, 4.69) is 48.3 Å². The Bertz CT molecular complexity index is 618. The maximum atomic E-state index is 5.36. The number of aryl methyl sites for hydroxylation is 2. The van der Waals surface area contributed by atoms with Crippen LogP contribution in [0.25, 0.3) is 0 Å². The molecule has 2 aromatic rings. The van der Waals surface area contributed by atoms with Crippen molar-refractivity contribution in [1.29, 1.82) is 0 Å². The Hall–Kier alpha value is -1.09. The Morgan fingerprint density at radius 3 is 2.52 bits per heavy atom. The van der Waals surface area contributed by atoms with Gasteiger partial charge in [-0.25, -0.2) is 4.98 Å². The van der Waals surface area contributed by atoms with E-state index in [1.807, 2.05) is 12.1 Å². The van der Waals surface area contributed by atoms with Crippen molar-refractivity contribution in [2.45, 2.75) is 40.5 Å². The molecular weight excluding hydrogens is 447 g/mol. The monoisotopic (exact) mass is 476 g/mol. The first-order valence-electron chi connectivity index (χ1n) is 8.52. The van der Waals surface area contributed by atoms with E-state index in [4.69, 9.17) is 4.42 Å². The summed E-state index contributed by atoms with van der Waals surface area (Å²) in [5.74, 6) is 2.39. The van der Waals surface area contributed by atoms with Gasteiger partial charge >= 0.3 is 0 Å². The van der Waals surface area contributed by atoms with Gasteiger partial charge in [0, 0.05) is 37.4 Å². The molecule has 0 amide bonds. The van der Waals surface area contributed by atoms with E-state index in [0.717, 1.165) is 49.9 Å². The van der Waals surface area contributed by atoms with Crippen LogP contribution in [0.1, 0.15) is 35.2 Å². The van der Waals surface area contributed by atoms with Crippen LogP contribution in [-0.2, 0) is 12.8 Å². The zero-order valence-electron chi connectivity index (χ0n) is 15.5. The molecule has 0 saturated heterocycles. The maximum Gasteiger partial charge on any atom is 0.191 e. The molecular formula is C18H29IN4OS. The van der Waals surface area contributed by atoms with Gasteiger partial charge in [-0.15, -0.1) is 35.3 Å². The molecule has 5 nitrogen and oxygen atoms in total. The number of aromatic nitrogens is 1. The summed E-state index contributed by atoms with van der Waals surface area (Å²) in [6.07, 6.45) is 3.47. The lowest BCUT2D eigenvalue weighted by Gasteiger charge is -2.12. The second-order valence-corrected chi connectivity index (χ2v) is 7.55. The van der Waals surface area contributed by atoms with Gasteiger partial charge in [0.1, 0.15) is 5.76 Å². The zero-order chi connectivity index (χ0) is 17.4. The first kappa shape index (κ1) is 22.0. The average molecular weight is 476 g/mol. The smallest absolute Gasteiger partial charge is 0.191 e. The third kappa shape index (κ3) is 8.22. The van der Waals surface area contributed by atoms with Gasteiger partial charge in [0.05, 0.1) is 17.0 Å². The highest BCUT2D eigenvalue weighted by Crippen LogP contribution is 2.16. The van der Waals surface area contributed by atoms with Gasteiger partial charge in [-0.05, 0) is 31.9 Å². The van der Waals surface area contributed by atoms with Crippen molar-refractivity contribution in [2.24, 2.45) is 10.9 Å². The van der Waals surface area contributed by atoms with E-state index >= 15 is 0 Å². The van der Waals surface area contributed by atoms with E-state index in [-0.39, 0.29) is 24.0 Å². The van der Waals surface area contributed by atoms with Gasteiger partial charge in [-0.1, -0.05) is 13.8 Å². The van der Waals surface area contributed by atoms with Crippen LogP contribution in [0.2, 0.25) is 0 Å². The first-order chi connectivity index (χ1) is 11.5. The van der Waals surface area contributed by atoms with Gasteiger partial charge in [-0.2, -0.15) is 0 Å². The Balaban J connectivity index is 0.00000312. The van der Waals surface area contributed by atoms with Crippen LogP contribution in [-0.4, -0.2) is 30.6 Å². The summed E-state index contributed by atoms with van der Waals surface area (Å²) in [7, 11) is 0.